The predicted molar refractivity (Wildman–Crippen MR) is 168 cm³/mol. The molecule has 0 heterocycles. The van der Waals surface area contributed by atoms with E-state index < -0.39 is 0 Å². The first-order valence-electron chi connectivity index (χ1n) is 17.7. The molecule has 0 nitrogen and oxygen atoms in total. The van der Waals surface area contributed by atoms with Gasteiger partial charge in [-0.2, -0.15) is 0 Å². The van der Waals surface area contributed by atoms with Crippen molar-refractivity contribution in [3.8, 4) is 0 Å². The molecule has 218 valence electrons. The summed E-state index contributed by atoms with van der Waals surface area (Å²) in [5.74, 6) is 1.86. The Morgan fingerprint density at radius 3 is 0.750 bits per heavy atom. The topological polar surface area (TPSA) is 0 Å². The number of rotatable bonds is 31. The quantitative estimate of drug-likeness (QED) is 0.0820. The van der Waals surface area contributed by atoms with Crippen molar-refractivity contribution < 1.29 is 0 Å². The third kappa shape index (κ3) is 32.0. The number of unbranched alkanes of at least 4 members (excludes halogenated alkanes) is 25. The minimum absolute atomic E-state index is 0.895. The van der Waals surface area contributed by atoms with E-state index in [4.69, 9.17) is 0 Å². The SMILES string of the molecule is CCCCCCCCCCCCCCCCCCC(C)CCCCCCCCCCCCCC(C)C. The Morgan fingerprint density at radius 1 is 0.278 bits per heavy atom. The van der Waals surface area contributed by atoms with Gasteiger partial charge in [0.05, 0.1) is 0 Å². The van der Waals surface area contributed by atoms with Gasteiger partial charge in [0.2, 0.25) is 0 Å². The van der Waals surface area contributed by atoms with Crippen LogP contribution in [0.3, 0.4) is 0 Å². The zero-order chi connectivity index (χ0) is 26.4. The molecule has 0 heteroatoms. The van der Waals surface area contributed by atoms with Crippen LogP contribution in [0.15, 0.2) is 0 Å². The fourth-order valence-corrected chi connectivity index (χ4v) is 5.82. The second-order valence-corrected chi connectivity index (χ2v) is 13.1. The van der Waals surface area contributed by atoms with Crippen molar-refractivity contribution in [1.82, 2.24) is 0 Å². The summed E-state index contributed by atoms with van der Waals surface area (Å²) in [5.41, 5.74) is 0. The third-order valence-electron chi connectivity index (χ3n) is 8.53. The molecular formula is C36H74. The molecular weight excluding hydrogens is 432 g/mol. The molecule has 0 amide bonds. The van der Waals surface area contributed by atoms with Gasteiger partial charge in [-0.25, -0.2) is 0 Å². The minimum atomic E-state index is 0.895. The zero-order valence-electron chi connectivity index (χ0n) is 26.4. The highest BCUT2D eigenvalue weighted by molar-refractivity contribution is 4.57. The second kappa shape index (κ2) is 31.2. The van der Waals surface area contributed by atoms with Crippen LogP contribution in [0.25, 0.3) is 0 Å². The lowest BCUT2D eigenvalue weighted by atomic mass is 9.95. The Balaban J connectivity index is 3.14. The highest BCUT2D eigenvalue weighted by Crippen LogP contribution is 2.20. The van der Waals surface area contributed by atoms with E-state index in [1.54, 1.807) is 0 Å². The normalized spacial score (nSPS) is 12.6. The van der Waals surface area contributed by atoms with E-state index in [1.807, 2.05) is 0 Å². The molecule has 0 aromatic rings. The second-order valence-electron chi connectivity index (χ2n) is 13.1. The summed E-state index contributed by atoms with van der Waals surface area (Å²) < 4.78 is 0. The molecule has 1 atom stereocenters. The lowest BCUT2D eigenvalue weighted by Gasteiger charge is -2.11. The van der Waals surface area contributed by atoms with E-state index >= 15 is 0 Å². The Hall–Kier alpha value is 0. The van der Waals surface area contributed by atoms with Crippen molar-refractivity contribution in [1.29, 1.82) is 0 Å². The molecule has 0 N–H and O–H groups in total. The minimum Gasteiger partial charge on any atom is -0.0654 e. The first-order chi connectivity index (χ1) is 17.7. The van der Waals surface area contributed by atoms with Crippen molar-refractivity contribution >= 4 is 0 Å². The van der Waals surface area contributed by atoms with E-state index in [0.29, 0.717) is 0 Å². The van der Waals surface area contributed by atoms with Gasteiger partial charge in [-0.05, 0) is 11.8 Å². The molecule has 0 rings (SSSR count). The van der Waals surface area contributed by atoms with Crippen molar-refractivity contribution in [3.05, 3.63) is 0 Å². The van der Waals surface area contributed by atoms with Crippen LogP contribution in [0.4, 0.5) is 0 Å². The van der Waals surface area contributed by atoms with Gasteiger partial charge in [0.25, 0.3) is 0 Å². The summed E-state index contributed by atoms with van der Waals surface area (Å²) in [4.78, 5) is 0. The van der Waals surface area contributed by atoms with Gasteiger partial charge in [0.15, 0.2) is 0 Å². The van der Waals surface area contributed by atoms with Gasteiger partial charge >= 0.3 is 0 Å². The molecule has 0 bridgehead atoms. The van der Waals surface area contributed by atoms with Gasteiger partial charge in [-0.3, -0.25) is 0 Å². The molecule has 0 fully saturated rings. The van der Waals surface area contributed by atoms with Crippen LogP contribution < -0.4 is 0 Å². The van der Waals surface area contributed by atoms with Crippen LogP contribution in [-0.2, 0) is 0 Å². The summed E-state index contributed by atoms with van der Waals surface area (Å²) in [5, 5.41) is 0. The van der Waals surface area contributed by atoms with Crippen LogP contribution >= 0.6 is 0 Å². The highest BCUT2D eigenvalue weighted by Gasteiger charge is 2.02. The molecule has 1 unspecified atom stereocenters. The molecule has 0 aliphatic carbocycles. The Kier molecular flexibility index (Phi) is 31.2. The van der Waals surface area contributed by atoms with Crippen molar-refractivity contribution in [2.45, 2.75) is 220 Å². The lowest BCUT2D eigenvalue weighted by molar-refractivity contribution is 0.429. The van der Waals surface area contributed by atoms with Crippen LogP contribution in [0.1, 0.15) is 220 Å². The maximum Gasteiger partial charge on any atom is -0.0443 e. The van der Waals surface area contributed by atoms with Gasteiger partial charge in [0.1, 0.15) is 0 Å². The van der Waals surface area contributed by atoms with Gasteiger partial charge < -0.3 is 0 Å². The molecule has 0 aliphatic heterocycles. The molecule has 0 aromatic carbocycles. The van der Waals surface area contributed by atoms with Crippen LogP contribution in [-0.4, -0.2) is 0 Å². The van der Waals surface area contributed by atoms with Crippen molar-refractivity contribution in [3.63, 3.8) is 0 Å². The zero-order valence-corrected chi connectivity index (χ0v) is 26.4. The Bertz CT molecular complexity index is 370. The smallest absolute Gasteiger partial charge is 0.0443 e. The average molecular weight is 507 g/mol. The van der Waals surface area contributed by atoms with E-state index in [1.165, 1.54) is 193 Å². The van der Waals surface area contributed by atoms with Crippen LogP contribution in [0.5, 0.6) is 0 Å². The Morgan fingerprint density at radius 2 is 0.500 bits per heavy atom. The van der Waals surface area contributed by atoms with E-state index in [2.05, 4.69) is 27.7 Å². The molecule has 0 aromatic heterocycles. The van der Waals surface area contributed by atoms with Crippen molar-refractivity contribution in [2.75, 3.05) is 0 Å². The first-order valence-corrected chi connectivity index (χ1v) is 17.7. The summed E-state index contributed by atoms with van der Waals surface area (Å²) >= 11 is 0. The largest absolute Gasteiger partial charge is 0.0654 e. The maximum atomic E-state index is 2.51. The summed E-state index contributed by atoms with van der Waals surface area (Å²) in [7, 11) is 0. The summed E-state index contributed by atoms with van der Waals surface area (Å²) in [6.07, 6.45) is 44.3. The molecule has 0 saturated heterocycles. The fraction of sp³-hybridized carbons (Fsp3) is 1.00. The van der Waals surface area contributed by atoms with Gasteiger partial charge in [-0.15, -0.1) is 0 Å². The number of hydrogen-bond acceptors (Lipinski definition) is 0. The molecule has 36 heavy (non-hydrogen) atoms. The van der Waals surface area contributed by atoms with E-state index in [0.717, 1.165) is 11.8 Å². The van der Waals surface area contributed by atoms with Crippen LogP contribution in [0.2, 0.25) is 0 Å². The summed E-state index contributed by atoms with van der Waals surface area (Å²) in [6, 6.07) is 0. The fourth-order valence-electron chi connectivity index (χ4n) is 5.82. The van der Waals surface area contributed by atoms with Crippen molar-refractivity contribution in [2.24, 2.45) is 11.8 Å². The van der Waals surface area contributed by atoms with E-state index in [-0.39, 0.29) is 0 Å². The molecule has 0 aliphatic rings. The van der Waals surface area contributed by atoms with Gasteiger partial charge in [-0.1, -0.05) is 220 Å². The molecule has 0 spiro atoms. The third-order valence-corrected chi connectivity index (χ3v) is 8.53. The first kappa shape index (κ1) is 36.0. The standard InChI is InChI=1S/C36H74/c1-5-6-7-8-9-10-11-12-13-14-15-18-21-24-27-30-33-36(4)34-31-28-25-22-19-16-17-20-23-26-29-32-35(2)3/h35-36H,5-34H2,1-4H3. The molecule has 0 saturated carbocycles. The predicted octanol–water partition coefficient (Wildman–Crippen LogP) is 14.0. The highest BCUT2D eigenvalue weighted by atomic mass is 14.1. The van der Waals surface area contributed by atoms with Gasteiger partial charge in [0, 0.05) is 0 Å². The monoisotopic (exact) mass is 507 g/mol. The Labute approximate surface area is 232 Å². The average Bonchev–Trinajstić information content (AvgIpc) is 2.86. The van der Waals surface area contributed by atoms with Crippen LogP contribution in [0, 0.1) is 11.8 Å². The lowest BCUT2D eigenvalue weighted by Crippen LogP contribution is -1.95. The van der Waals surface area contributed by atoms with E-state index in [9.17, 15) is 0 Å². The summed E-state index contributed by atoms with van der Waals surface area (Å²) in [6.45, 7) is 9.51. The maximum absolute atomic E-state index is 2.51. The number of hydrogen-bond donors (Lipinski definition) is 0. The molecule has 0 radical (unpaired) electrons.